The van der Waals surface area contributed by atoms with Crippen molar-refractivity contribution in [2.45, 2.75) is 6.92 Å². The Morgan fingerprint density at radius 3 is 2.40 bits per heavy atom. The third kappa shape index (κ3) is 1.79. The van der Waals surface area contributed by atoms with Gasteiger partial charge in [-0.15, -0.1) is 0 Å². The van der Waals surface area contributed by atoms with Crippen LogP contribution in [0.4, 0.5) is 5.69 Å². The summed E-state index contributed by atoms with van der Waals surface area (Å²) in [5, 5.41) is 6.01. The van der Waals surface area contributed by atoms with Gasteiger partial charge in [-0.2, -0.15) is 0 Å². The Bertz CT molecular complexity index is 507. The number of aromatic nitrogens is 2. The molecule has 0 aliphatic carbocycles. The van der Waals surface area contributed by atoms with Gasteiger partial charge in [0.25, 0.3) is 5.56 Å². The van der Waals surface area contributed by atoms with Crippen LogP contribution in [0, 0.1) is 6.92 Å². The van der Waals surface area contributed by atoms with Gasteiger partial charge in [0.15, 0.2) is 0 Å². The Hall–Kier alpha value is -1.97. The Labute approximate surface area is 87.5 Å². The number of aryl methyl sites for hydroxylation is 1. The van der Waals surface area contributed by atoms with Crippen molar-refractivity contribution >= 4 is 5.69 Å². The second-order valence-electron chi connectivity index (χ2n) is 3.41. The molecule has 1 aromatic heterocycles. The van der Waals surface area contributed by atoms with Gasteiger partial charge in [-0.1, -0.05) is 0 Å². The van der Waals surface area contributed by atoms with Crippen molar-refractivity contribution in [2.75, 3.05) is 12.4 Å². The summed E-state index contributed by atoms with van der Waals surface area (Å²) in [6.45, 7) is 1.86. The molecule has 78 valence electrons. The number of aromatic amines is 1. The van der Waals surface area contributed by atoms with Crippen molar-refractivity contribution in [1.82, 2.24) is 9.78 Å². The highest BCUT2D eigenvalue weighted by molar-refractivity contribution is 5.47. The minimum atomic E-state index is -0.0373. The quantitative estimate of drug-likeness (QED) is 0.777. The van der Waals surface area contributed by atoms with Gasteiger partial charge in [0.05, 0.1) is 5.69 Å². The van der Waals surface area contributed by atoms with Crippen LogP contribution in [0.15, 0.2) is 35.1 Å². The smallest absolute Gasteiger partial charge is 0.271 e. The first-order chi connectivity index (χ1) is 7.20. The molecule has 0 amide bonds. The minimum Gasteiger partial charge on any atom is -0.388 e. The molecular weight excluding hydrogens is 190 g/mol. The van der Waals surface area contributed by atoms with E-state index in [1.54, 1.807) is 6.07 Å². The molecule has 4 heteroatoms. The molecule has 2 aromatic rings. The molecule has 15 heavy (non-hydrogen) atoms. The molecule has 0 fully saturated rings. The summed E-state index contributed by atoms with van der Waals surface area (Å²) in [4.78, 5) is 11.5. The highest BCUT2D eigenvalue weighted by Crippen LogP contribution is 2.10. The van der Waals surface area contributed by atoms with E-state index >= 15 is 0 Å². The maximum absolute atomic E-state index is 11.5. The van der Waals surface area contributed by atoms with Gasteiger partial charge < -0.3 is 5.32 Å². The lowest BCUT2D eigenvalue weighted by Gasteiger charge is -2.03. The van der Waals surface area contributed by atoms with Crippen molar-refractivity contribution in [3.05, 3.63) is 46.4 Å². The fourth-order valence-corrected chi connectivity index (χ4v) is 1.48. The molecule has 0 bridgehead atoms. The molecule has 1 heterocycles. The Morgan fingerprint density at radius 2 is 1.93 bits per heavy atom. The van der Waals surface area contributed by atoms with Crippen LogP contribution in [0.1, 0.15) is 5.69 Å². The van der Waals surface area contributed by atoms with Crippen LogP contribution in [0.5, 0.6) is 0 Å². The predicted octanol–water partition coefficient (Wildman–Crippen LogP) is 1.52. The molecule has 2 N–H and O–H groups in total. The van der Waals surface area contributed by atoms with Crippen molar-refractivity contribution < 1.29 is 0 Å². The highest BCUT2D eigenvalue weighted by Gasteiger charge is 2.01. The van der Waals surface area contributed by atoms with Gasteiger partial charge in [0, 0.05) is 24.5 Å². The standard InChI is InChI=1S/C11H13N3O/c1-8-7-11(15)14(13-8)10-5-3-9(12-2)4-6-10/h3-7,12-13H,1-2H3. The van der Waals surface area contributed by atoms with Crippen molar-refractivity contribution in [2.24, 2.45) is 0 Å². The fourth-order valence-electron chi connectivity index (χ4n) is 1.48. The van der Waals surface area contributed by atoms with E-state index in [4.69, 9.17) is 0 Å². The van der Waals surface area contributed by atoms with E-state index in [2.05, 4.69) is 10.4 Å². The summed E-state index contributed by atoms with van der Waals surface area (Å²) in [5.41, 5.74) is 2.68. The monoisotopic (exact) mass is 203 g/mol. The van der Waals surface area contributed by atoms with E-state index in [1.807, 2.05) is 38.2 Å². The number of nitrogens with zero attached hydrogens (tertiary/aromatic N) is 1. The van der Waals surface area contributed by atoms with Crippen LogP contribution in [0.25, 0.3) is 5.69 Å². The summed E-state index contributed by atoms with van der Waals surface area (Å²) in [6.07, 6.45) is 0. The van der Waals surface area contributed by atoms with Crippen LogP contribution in [0.2, 0.25) is 0 Å². The van der Waals surface area contributed by atoms with Crippen LogP contribution < -0.4 is 10.9 Å². The second-order valence-corrected chi connectivity index (χ2v) is 3.41. The van der Waals surface area contributed by atoms with E-state index < -0.39 is 0 Å². The average molecular weight is 203 g/mol. The van der Waals surface area contributed by atoms with Crippen LogP contribution in [0.3, 0.4) is 0 Å². The van der Waals surface area contributed by atoms with Crippen LogP contribution in [-0.2, 0) is 0 Å². The van der Waals surface area contributed by atoms with Crippen molar-refractivity contribution in [3.63, 3.8) is 0 Å². The number of anilines is 1. The zero-order valence-electron chi connectivity index (χ0n) is 8.74. The first-order valence-corrected chi connectivity index (χ1v) is 4.77. The number of benzene rings is 1. The van der Waals surface area contributed by atoms with E-state index in [-0.39, 0.29) is 5.56 Å². The Morgan fingerprint density at radius 1 is 1.27 bits per heavy atom. The summed E-state index contributed by atoms with van der Waals surface area (Å²) >= 11 is 0. The van der Waals surface area contributed by atoms with E-state index in [9.17, 15) is 4.79 Å². The average Bonchev–Trinajstić information content (AvgIpc) is 2.58. The molecule has 0 saturated carbocycles. The zero-order chi connectivity index (χ0) is 10.8. The van der Waals surface area contributed by atoms with Gasteiger partial charge in [-0.25, -0.2) is 4.68 Å². The molecule has 4 nitrogen and oxygen atoms in total. The van der Waals surface area contributed by atoms with E-state index in [1.165, 1.54) is 4.68 Å². The largest absolute Gasteiger partial charge is 0.388 e. The molecule has 0 atom stereocenters. The van der Waals surface area contributed by atoms with Gasteiger partial charge in [0.2, 0.25) is 0 Å². The maximum Gasteiger partial charge on any atom is 0.271 e. The van der Waals surface area contributed by atoms with Gasteiger partial charge >= 0.3 is 0 Å². The third-order valence-corrected chi connectivity index (χ3v) is 2.26. The lowest BCUT2D eigenvalue weighted by molar-refractivity contribution is 0.835. The van der Waals surface area contributed by atoms with Crippen molar-refractivity contribution in [1.29, 1.82) is 0 Å². The van der Waals surface area contributed by atoms with Gasteiger partial charge in [-0.3, -0.25) is 9.89 Å². The number of H-pyrrole nitrogens is 1. The molecule has 1 aromatic carbocycles. The van der Waals surface area contributed by atoms with Gasteiger partial charge in [-0.05, 0) is 31.2 Å². The first-order valence-electron chi connectivity index (χ1n) is 4.77. The van der Waals surface area contributed by atoms with E-state index in [0.29, 0.717) is 0 Å². The topological polar surface area (TPSA) is 49.8 Å². The summed E-state index contributed by atoms with van der Waals surface area (Å²) in [5.74, 6) is 0. The summed E-state index contributed by atoms with van der Waals surface area (Å²) in [7, 11) is 1.86. The number of hydrogen-bond acceptors (Lipinski definition) is 2. The lowest BCUT2D eigenvalue weighted by Crippen LogP contribution is -2.13. The summed E-state index contributed by atoms with van der Waals surface area (Å²) in [6, 6.07) is 9.22. The number of nitrogens with one attached hydrogen (secondary N) is 2. The molecule has 0 aliphatic rings. The lowest BCUT2D eigenvalue weighted by atomic mass is 10.3. The highest BCUT2D eigenvalue weighted by atomic mass is 16.1. The van der Waals surface area contributed by atoms with Gasteiger partial charge in [0.1, 0.15) is 0 Å². The van der Waals surface area contributed by atoms with E-state index in [0.717, 1.165) is 17.1 Å². The minimum absolute atomic E-state index is 0.0373. The molecule has 2 rings (SSSR count). The Balaban J connectivity index is 2.45. The third-order valence-electron chi connectivity index (χ3n) is 2.26. The SMILES string of the molecule is CNc1ccc(-n2[nH]c(C)cc2=O)cc1. The summed E-state index contributed by atoms with van der Waals surface area (Å²) < 4.78 is 1.52. The normalized spacial score (nSPS) is 10.3. The molecule has 0 unspecified atom stereocenters. The Kier molecular flexibility index (Phi) is 2.33. The number of rotatable bonds is 2. The zero-order valence-corrected chi connectivity index (χ0v) is 8.74. The maximum atomic E-state index is 11.5. The molecule has 0 saturated heterocycles. The fraction of sp³-hybridized carbons (Fsp3) is 0.182. The molecule has 0 radical (unpaired) electrons. The second kappa shape index (κ2) is 3.65. The first kappa shape index (κ1) is 9.58. The molecular formula is C11H13N3O. The van der Waals surface area contributed by atoms with Crippen molar-refractivity contribution in [3.8, 4) is 5.69 Å². The molecule has 0 spiro atoms. The van der Waals surface area contributed by atoms with Crippen LogP contribution in [-0.4, -0.2) is 16.8 Å². The predicted molar refractivity (Wildman–Crippen MR) is 60.7 cm³/mol. The number of hydrogen-bond donors (Lipinski definition) is 2. The molecule has 0 aliphatic heterocycles. The van der Waals surface area contributed by atoms with Crippen LogP contribution >= 0.6 is 0 Å².